The predicted octanol–water partition coefficient (Wildman–Crippen LogP) is 4.75. The molecular formula is C32H46N6O7. The second kappa shape index (κ2) is 19.6. The molecule has 1 aromatic heterocycles. The predicted molar refractivity (Wildman–Crippen MR) is 173 cm³/mol. The number of esters is 2. The number of amides is 4. The molecule has 5 N–H and O–H groups in total. The summed E-state index contributed by atoms with van der Waals surface area (Å²) in [5, 5.41) is 10.8. The minimum absolute atomic E-state index is 0.0948. The number of ether oxygens (including phenoxy) is 2. The van der Waals surface area contributed by atoms with Crippen molar-refractivity contribution in [2.45, 2.75) is 66.7 Å². The topological polar surface area (TPSA) is 181 Å². The number of carbonyl (C=O) groups is 4. The minimum Gasteiger partial charge on any atom is -0.462 e. The van der Waals surface area contributed by atoms with E-state index in [0.29, 0.717) is 30.0 Å². The van der Waals surface area contributed by atoms with Crippen LogP contribution in [0.5, 0.6) is 0 Å². The van der Waals surface area contributed by atoms with Crippen LogP contribution in [0.4, 0.5) is 21.2 Å². The third-order valence-electron chi connectivity index (χ3n) is 6.44. The lowest BCUT2D eigenvalue weighted by atomic mass is 10.1. The van der Waals surface area contributed by atoms with Gasteiger partial charge in [0.05, 0.1) is 13.2 Å². The molecule has 1 aromatic carbocycles. The van der Waals surface area contributed by atoms with Crippen LogP contribution in [0.15, 0.2) is 40.7 Å². The van der Waals surface area contributed by atoms with Gasteiger partial charge in [0.2, 0.25) is 5.95 Å². The third-order valence-corrected chi connectivity index (χ3v) is 6.44. The van der Waals surface area contributed by atoms with Gasteiger partial charge in [-0.15, -0.1) is 0 Å². The number of aryl methyl sites for hydroxylation is 1. The summed E-state index contributed by atoms with van der Waals surface area (Å²) in [6, 6.07) is 7.23. The Labute approximate surface area is 264 Å². The molecule has 1 atom stereocenters. The number of aromatic amines is 1. The maximum absolute atomic E-state index is 12.7. The van der Waals surface area contributed by atoms with Crippen LogP contribution >= 0.6 is 0 Å². The monoisotopic (exact) mass is 626 g/mol. The minimum atomic E-state index is -0.740. The van der Waals surface area contributed by atoms with Crippen LogP contribution in [-0.4, -0.2) is 60.3 Å². The molecule has 45 heavy (non-hydrogen) atoms. The summed E-state index contributed by atoms with van der Waals surface area (Å²) in [5.74, 6) is -1.10. The molecule has 0 aliphatic heterocycles. The van der Waals surface area contributed by atoms with E-state index in [1.807, 2.05) is 27.7 Å². The molecule has 246 valence electrons. The lowest BCUT2D eigenvalue weighted by Gasteiger charge is -2.13. The van der Waals surface area contributed by atoms with Gasteiger partial charge in [0.15, 0.2) is 0 Å². The SMILES string of the molecule is CCC(C)COC(=O)C(=Cc1ccc(NC(=O)NCCCCCCNC(=O)Nc2nc(C)cc(=O)[nH]2)cc1)C(=O)OCC(C)C. The molecule has 0 spiro atoms. The Bertz CT molecular complexity index is 1350. The first-order chi connectivity index (χ1) is 21.5. The Kier molecular flexibility index (Phi) is 15.9. The second-order valence-electron chi connectivity index (χ2n) is 11.2. The third kappa shape index (κ3) is 15.1. The van der Waals surface area contributed by atoms with Gasteiger partial charge < -0.3 is 25.4 Å². The largest absolute Gasteiger partial charge is 0.462 e. The van der Waals surface area contributed by atoms with E-state index in [1.165, 1.54) is 12.1 Å². The maximum atomic E-state index is 12.7. The molecule has 0 radical (unpaired) electrons. The average molecular weight is 627 g/mol. The molecule has 1 heterocycles. The van der Waals surface area contributed by atoms with Gasteiger partial charge in [0, 0.05) is 30.5 Å². The fourth-order valence-corrected chi connectivity index (χ4v) is 3.74. The fraction of sp³-hybridized carbons (Fsp3) is 0.500. The number of nitrogens with zero attached hydrogens (tertiary/aromatic N) is 1. The zero-order chi connectivity index (χ0) is 33.2. The molecule has 2 aromatic rings. The fourth-order valence-electron chi connectivity index (χ4n) is 3.74. The first-order valence-electron chi connectivity index (χ1n) is 15.3. The summed E-state index contributed by atoms with van der Waals surface area (Å²) in [5.41, 5.74) is 1.10. The maximum Gasteiger partial charge on any atom is 0.345 e. The summed E-state index contributed by atoms with van der Waals surface area (Å²) in [4.78, 5) is 67.5. The average Bonchev–Trinajstić information content (AvgIpc) is 2.98. The van der Waals surface area contributed by atoms with Crippen molar-refractivity contribution >= 4 is 41.7 Å². The number of hydrogen-bond acceptors (Lipinski definition) is 8. The molecule has 0 aliphatic carbocycles. The standard InChI is InChI=1S/C32H46N6O7/c1-6-22(4)20-45-29(41)26(28(40)44-19-21(2)3)18-24-11-13-25(14-12-24)36-31(42)33-15-9-7-8-10-16-34-32(43)38-30-35-23(5)17-27(39)37-30/h11-14,17-18,21-22H,6-10,15-16,19-20H2,1-5H3,(H2,33,36,42)(H3,34,35,37,38,39,43). The van der Waals surface area contributed by atoms with Crippen LogP contribution < -0.4 is 26.8 Å². The molecular weight excluding hydrogens is 580 g/mol. The number of carbonyl (C=O) groups excluding carboxylic acids is 4. The quantitative estimate of drug-likeness (QED) is 0.0548. The highest BCUT2D eigenvalue weighted by Crippen LogP contribution is 2.16. The van der Waals surface area contributed by atoms with Crippen LogP contribution in [0.2, 0.25) is 0 Å². The number of rotatable bonds is 17. The molecule has 0 saturated carbocycles. The molecule has 2 rings (SSSR count). The molecule has 0 saturated heterocycles. The number of nitrogens with one attached hydrogen (secondary N) is 5. The van der Waals surface area contributed by atoms with Gasteiger partial charge in [-0.25, -0.2) is 24.2 Å². The smallest absolute Gasteiger partial charge is 0.345 e. The van der Waals surface area contributed by atoms with E-state index in [4.69, 9.17) is 9.47 Å². The molecule has 0 bridgehead atoms. The zero-order valence-electron chi connectivity index (χ0n) is 26.8. The van der Waals surface area contributed by atoms with Crippen molar-refractivity contribution in [3.8, 4) is 0 Å². The Morgan fingerprint density at radius 1 is 0.867 bits per heavy atom. The van der Waals surface area contributed by atoms with Gasteiger partial charge in [-0.2, -0.15) is 0 Å². The van der Waals surface area contributed by atoms with Crippen molar-refractivity contribution in [3.63, 3.8) is 0 Å². The lowest BCUT2D eigenvalue weighted by Crippen LogP contribution is -2.31. The Balaban J connectivity index is 1.73. The number of H-pyrrole nitrogens is 1. The summed E-state index contributed by atoms with van der Waals surface area (Å²) in [6.45, 7) is 10.7. The Morgan fingerprint density at radius 2 is 1.44 bits per heavy atom. The number of urea groups is 2. The highest BCUT2D eigenvalue weighted by Gasteiger charge is 2.22. The first-order valence-corrected chi connectivity index (χ1v) is 15.3. The lowest BCUT2D eigenvalue weighted by molar-refractivity contribution is -0.148. The van der Waals surface area contributed by atoms with Crippen LogP contribution in [-0.2, 0) is 19.1 Å². The number of aromatic nitrogens is 2. The highest BCUT2D eigenvalue weighted by molar-refractivity contribution is 6.17. The summed E-state index contributed by atoms with van der Waals surface area (Å²) < 4.78 is 10.6. The van der Waals surface area contributed by atoms with Crippen LogP contribution in [0.25, 0.3) is 6.08 Å². The van der Waals surface area contributed by atoms with Crippen molar-refractivity contribution in [1.82, 2.24) is 20.6 Å². The van der Waals surface area contributed by atoms with Crippen molar-refractivity contribution in [1.29, 1.82) is 0 Å². The van der Waals surface area contributed by atoms with Gasteiger partial charge >= 0.3 is 24.0 Å². The number of benzene rings is 1. The number of anilines is 2. The molecule has 13 heteroatoms. The number of hydrogen-bond donors (Lipinski definition) is 5. The van der Waals surface area contributed by atoms with Crippen LogP contribution in [0, 0.1) is 18.8 Å². The molecule has 1 unspecified atom stereocenters. The van der Waals surface area contributed by atoms with Crippen molar-refractivity contribution in [2.75, 3.05) is 36.9 Å². The van der Waals surface area contributed by atoms with Gasteiger partial charge in [-0.05, 0) is 55.4 Å². The van der Waals surface area contributed by atoms with E-state index < -0.39 is 18.0 Å². The second-order valence-corrected chi connectivity index (χ2v) is 11.2. The number of unbranched alkanes of at least 4 members (excludes halogenated alkanes) is 3. The van der Waals surface area contributed by atoms with E-state index in [-0.39, 0.29) is 48.2 Å². The van der Waals surface area contributed by atoms with Gasteiger partial charge in [-0.3, -0.25) is 15.1 Å². The molecule has 0 aliphatic rings. The van der Waals surface area contributed by atoms with Crippen molar-refractivity contribution in [2.24, 2.45) is 11.8 Å². The highest BCUT2D eigenvalue weighted by atomic mass is 16.6. The van der Waals surface area contributed by atoms with E-state index in [2.05, 4.69) is 31.2 Å². The Morgan fingerprint density at radius 3 is 2.00 bits per heavy atom. The van der Waals surface area contributed by atoms with Gasteiger partial charge in [0.25, 0.3) is 5.56 Å². The van der Waals surface area contributed by atoms with Crippen molar-refractivity contribution in [3.05, 3.63) is 57.5 Å². The zero-order valence-corrected chi connectivity index (χ0v) is 26.8. The van der Waals surface area contributed by atoms with Crippen molar-refractivity contribution < 1.29 is 28.7 Å². The van der Waals surface area contributed by atoms with E-state index in [1.54, 1.807) is 31.2 Å². The van der Waals surface area contributed by atoms with E-state index >= 15 is 0 Å². The van der Waals surface area contributed by atoms with Gasteiger partial charge in [-0.1, -0.05) is 59.1 Å². The summed E-state index contributed by atoms with van der Waals surface area (Å²) >= 11 is 0. The summed E-state index contributed by atoms with van der Waals surface area (Å²) in [6.07, 6.45) is 5.50. The van der Waals surface area contributed by atoms with Crippen LogP contribution in [0.1, 0.15) is 71.1 Å². The van der Waals surface area contributed by atoms with E-state index in [0.717, 1.165) is 32.1 Å². The first kappa shape index (κ1) is 36.5. The van der Waals surface area contributed by atoms with E-state index in [9.17, 15) is 24.0 Å². The molecule has 13 nitrogen and oxygen atoms in total. The summed E-state index contributed by atoms with van der Waals surface area (Å²) in [7, 11) is 0. The van der Waals surface area contributed by atoms with Gasteiger partial charge in [0.1, 0.15) is 5.57 Å². The van der Waals surface area contributed by atoms with Crippen LogP contribution in [0.3, 0.4) is 0 Å². The molecule has 0 fully saturated rings. The molecule has 4 amide bonds. The normalized spacial score (nSPS) is 11.8. The Hall–Kier alpha value is -4.68.